The van der Waals surface area contributed by atoms with Gasteiger partial charge in [0.15, 0.2) is 0 Å². The Hall–Kier alpha value is -2.56. The summed E-state index contributed by atoms with van der Waals surface area (Å²) < 4.78 is 6.77. The number of amides is 1. The molecule has 1 N–H and O–H groups in total. The number of methoxy groups -OCH3 is 1. The molecule has 0 saturated carbocycles. The minimum atomic E-state index is -0.135. The van der Waals surface area contributed by atoms with Crippen LogP contribution in [0.5, 0.6) is 5.75 Å². The van der Waals surface area contributed by atoms with E-state index in [9.17, 15) is 4.79 Å². The van der Waals surface area contributed by atoms with Gasteiger partial charge in [-0.05, 0) is 23.8 Å². The minimum Gasteiger partial charge on any atom is -0.497 e. The highest BCUT2D eigenvalue weighted by molar-refractivity contribution is 5.91. The maximum atomic E-state index is 11.7. The maximum absolute atomic E-state index is 11.7. The van der Waals surface area contributed by atoms with Crippen LogP contribution in [0.1, 0.15) is 11.1 Å². The van der Waals surface area contributed by atoms with Gasteiger partial charge in [-0.25, -0.2) is 0 Å². The molecule has 20 heavy (non-hydrogen) atoms. The first-order valence-corrected chi connectivity index (χ1v) is 6.25. The predicted octanol–water partition coefficient (Wildman–Crippen LogP) is 1.76. The second kappa shape index (κ2) is 6.56. The first kappa shape index (κ1) is 13.9. The molecule has 2 rings (SSSR count). The first-order valence-electron chi connectivity index (χ1n) is 6.25. The highest BCUT2D eigenvalue weighted by atomic mass is 16.5. The van der Waals surface area contributed by atoms with Crippen LogP contribution in [0.3, 0.4) is 0 Å². The highest BCUT2D eigenvalue weighted by Gasteiger charge is 1.98. The van der Waals surface area contributed by atoms with Crippen molar-refractivity contribution in [3.05, 3.63) is 53.9 Å². The average Bonchev–Trinajstić information content (AvgIpc) is 2.89. The molecule has 1 aromatic heterocycles. The van der Waals surface area contributed by atoms with Crippen LogP contribution in [-0.2, 0) is 18.4 Å². The fourth-order valence-corrected chi connectivity index (χ4v) is 1.69. The summed E-state index contributed by atoms with van der Waals surface area (Å²) >= 11 is 0. The molecular formula is C15H17N3O2. The molecule has 0 spiro atoms. The Kier molecular flexibility index (Phi) is 4.55. The van der Waals surface area contributed by atoms with Crippen LogP contribution in [0.15, 0.2) is 42.7 Å². The van der Waals surface area contributed by atoms with Crippen LogP contribution in [0.25, 0.3) is 6.08 Å². The molecule has 0 aliphatic rings. The van der Waals surface area contributed by atoms with Crippen LogP contribution in [0, 0.1) is 0 Å². The lowest BCUT2D eigenvalue weighted by atomic mass is 10.2. The number of rotatable bonds is 5. The van der Waals surface area contributed by atoms with E-state index in [2.05, 4.69) is 10.4 Å². The lowest BCUT2D eigenvalue weighted by Gasteiger charge is -2.04. The van der Waals surface area contributed by atoms with Crippen molar-refractivity contribution in [2.24, 2.45) is 7.05 Å². The second-order valence-electron chi connectivity index (χ2n) is 4.35. The molecule has 1 heterocycles. The first-order chi connectivity index (χ1) is 9.67. The van der Waals surface area contributed by atoms with Crippen molar-refractivity contribution in [2.45, 2.75) is 6.54 Å². The number of carbonyl (C=O) groups excluding carboxylic acids is 1. The summed E-state index contributed by atoms with van der Waals surface area (Å²) in [6.45, 7) is 0.486. The van der Waals surface area contributed by atoms with E-state index in [1.54, 1.807) is 24.1 Å². The molecule has 2 aromatic rings. The molecule has 0 fully saturated rings. The molecule has 0 radical (unpaired) electrons. The van der Waals surface area contributed by atoms with Crippen molar-refractivity contribution in [3.63, 3.8) is 0 Å². The van der Waals surface area contributed by atoms with E-state index in [1.807, 2.05) is 37.5 Å². The summed E-state index contributed by atoms with van der Waals surface area (Å²) in [5.41, 5.74) is 1.92. The molecule has 0 atom stereocenters. The second-order valence-corrected chi connectivity index (χ2v) is 4.35. The van der Waals surface area contributed by atoms with Crippen LogP contribution in [-0.4, -0.2) is 22.8 Å². The van der Waals surface area contributed by atoms with E-state index in [0.29, 0.717) is 6.54 Å². The number of ether oxygens (including phenoxy) is 1. The summed E-state index contributed by atoms with van der Waals surface area (Å²) in [6.07, 6.45) is 6.78. The van der Waals surface area contributed by atoms with Gasteiger partial charge in [-0.3, -0.25) is 9.48 Å². The van der Waals surface area contributed by atoms with Crippen LogP contribution >= 0.6 is 0 Å². The van der Waals surface area contributed by atoms with Gasteiger partial charge >= 0.3 is 0 Å². The van der Waals surface area contributed by atoms with Gasteiger partial charge in [0, 0.05) is 31.4 Å². The Bertz CT molecular complexity index is 600. The number of aryl methyl sites for hydroxylation is 1. The third kappa shape index (κ3) is 3.98. The summed E-state index contributed by atoms with van der Waals surface area (Å²) in [7, 11) is 3.46. The van der Waals surface area contributed by atoms with E-state index in [1.165, 1.54) is 6.08 Å². The minimum absolute atomic E-state index is 0.135. The molecule has 5 heteroatoms. The molecule has 0 aliphatic carbocycles. The number of hydrogen-bond donors (Lipinski definition) is 1. The topological polar surface area (TPSA) is 56.1 Å². The summed E-state index contributed by atoms with van der Waals surface area (Å²) in [6, 6.07) is 7.58. The number of benzene rings is 1. The average molecular weight is 271 g/mol. The number of nitrogens with one attached hydrogen (secondary N) is 1. The fourth-order valence-electron chi connectivity index (χ4n) is 1.69. The van der Waals surface area contributed by atoms with E-state index >= 15 is 0 Å². The third-order valence-electron chi connectivity index (χ3n) is 2.78. The van der Waals surface area contributed by atoms with Crippen molar-refractivity contribution in [1.29, 1.82) is 0 Å². The molecule has 0 bridgehead atoms. The van der Waals surface area contributed by atoms with Crippen molar-refractivity contribution in [3.8, 4) is 5.75 Å². The maximum Gasteiger partial charge on any atom is 0.244 e. The van der Waals surface area contributed by atoms with Gasteiger partial charge < -0.3 is 10.1 Å². The number of nitrogens with zero attached hydrogens (tertiary/aromatic N) is 2. The van der Waals surface area contributed by atoms with Gasteiger partial charge in [0.05, 0.1) is 13.3 Å². The van der Waals surface area contributed by atoms with E-state index < -0.39 is 0 Å². The Morgan fingerprint density at radius 1 is 1.40 bits per heavy atom. The zero-order valence-electron chi connectivity index (χ0n) is 11.5. The van der Waals surface area contributed by atoms with Gasteiger partial charge in [-0.2, -0.15) is 5.10 Å². The number of carbonyl (C=O) groups is 1. The number of aromatic nitrogens is 2. The highest BCUT2D eigenvalue weighted by Crippen LogP contribution is 2.10. The van der Waals surface area contributed by atoms with E-state index in [-0.39, 0.29) is 5.91 Å². The molecule has 5 nitrogen and oxygen atoms in total. The largest absolute Gasteiger partial charge is 0.497 e. The normalized spacial score (nSPS) is 10.7. The summed E-state index contributed by atoms with van der Waals surface area (Å²) in [5.74, 6) is 0.668. The Labute approximate surface area is 117 Å². The van der Waals surface area contributed by atoms with Crippen LogP contribution < -0.4 is 10.1 Å². The molecule has 1 aromatic carbocycles. The van der Waals surface area contributed by atoms with E-state index in [4.69, 9.17) is 4.74 Å². The summed E-state index contributed by atoms with van der Waals surface area (Å²) in [5, 5.41) is 6.85. The van der Waals surface area contributed by atoms with Crippen LogP contribution in [0.2, 0.25) is 0 Å². The Morgan fingerprint density at radius 2 is 2.15 bits per heavy atom. The zero-order valence-corrected chi connectivity index (χ0v) is 11.5. The quantitative estimate of drug-likeness (QED) is 0.843. The smallest absolute Gasteiger partial charge is 0.244 e. The predicted molar refractivity (Wildman–Crippen MR) is 77.1 cm³/mol. The Morgan fingerprint density at radius 3 is 2.75 bits per heavy atom. The number of hydrogen-bond acceptors (Lipinski definition) is 3. The lowest BCUT2D eigenvalue weighted by molar-refractivity contribution is -0.116. The van der Waals surface area contributed by atoms with Gasteiger partial charge in [0.25, 0.3) is 0 Å². The third-order valence-corrected chi connectivity index (χ3v) is 2.78. The van der Waals surface area contributed by atoms with Gasteiger partial charge in [-0.15, -0.1) is 0 Å². The van der Waals surface area contributed by atoms with E-state index in [0.717, 1.165) is 16.9 Å². The van der Waals surface area contributed by atoms with Gasteiger partial charge in [0.2, 0.25) is 5.91 Å². The molecule has 104 valence electrons. The van der Waals surface area contributed by atoms with Crippen molar-refractivity contribution < 1.29 is 9.53 Å². The monoisotopic (exact) mass is 271 g/mol. The van der Waals surface area contributed by atoms with Gasteiger partial charge in [0.1, 0.15) is 5.75 Å². The molecule has 0 aliphatic heterocycles. The zero-order chi connectivity index (χ0) is 14.4. The fraction of sp³-hybridized carbons (Fsp3) is 0.200. The molecule has 1 amide bonds. The van der Waals surface area contributed by atoms with Crippen LogP contribution in [0.4, 0.5) is 0 Å². The molecular weight excluding hydrogens is 254 g/mol. The summed E-state index contributed by atoms with van der Waals surface area (Å²) in [4.78, 5) is 11.7. The standard InChI is InChI=1S/C15H17N3O2/c1-18-11-13(10-17-18)5-8-15(19)16-9-12-3-6-14(20-2)7-4-12/h3-8,10-11H,9H2,1-2H3,(H,16,19)/b8-5+. The lowest BCUT2D eigenvalue weighted by Crippen LogP contribution is -2.20. The molecule has 0 saturated heterocycles. The molecule has 0 unspecified atom stereocenters. The van der Waals surface area contributed by atoms with Crippen molar-refractivity contribution >= 4 is 12.0 Å². The Balaban J connectivity index is 1.83. The van der Waals surface area contributed by atoms with Crippen molar-refractivity contribution in [1.82, 2.24) is 15.1 Å². The van der Waals surface area contributed by atoms with Crippen molar-refractivity contribution in [2.75, 3.05) is 7.11 Å². The SMILES string of the molecule is COc1ccc(CNC(=O)/C=C/c2cnn(C)c2)cc1. The van der Waals surface area contributed by atoms with Gasteiger partial charge in [-0.1, -0.05) is 12.1 Å².